The predicted molar refractivity (Wildman–Crippen MR) is 94.1 cm³/mol. The molecule has 0 N–H and O–H groups in total. The van der Waals surface area contributed by atoms with Gasteiger partial charge in [0, 0.05) is 38.1 Å². The van der Waals surface area contributed by atoms with Crippen LogP contribution in [0.2, 0.25) is 0 Å². The zero-order valence-corrected chi connectivity index (χ0v) is 14.1. The number of piperazine rings is 1. The summed E-state index contributed by atoms with van der Waals surface area (Å²) in [6.45, 7) is 4.62. The lowest BCUT2D eigenvalue weighted by Crippen LogP contribution is -2.52. The number of amides is 3. The second kappa shape index (κ2) is 6.29. The molecule has 3 heterocycles. The van der Waals surface area contributed by atoms with Crippen molar-refractivity contribution in [1.82, 2.24) is 14.8 Å². The van der Waals surface area contributed by atoms with Crippen molar-refractivity contribution in [2.24, 2.45) is 0 Å². The minimum atomic E-state index is -0.404. The Bertz CT molecular complexity index is 808. The Morgan fingerprint density at radius 3 is 2.64 bits per heavy atom. The van der Waals surface area contributed by atoms with E-state index in [0.29, 0.717) is 18.8 Å². The highest BCUT2D eigenvalue weighted by molar-refractivity contribution is 6.21. The second-order valence-electron chi connectivity index (χ2n) is 6.48. The normalized spacial score (nSPS) is 20.9. The fourth-order valence-electron chi connectivity index (χ4n) is 3.54. The monoisotopic (exact) mass is 336 g/mol. The van der Waals surface area contributed by atoms with E-state index in [9.17, 15) is 9.59 Å². The minimum absolute atomic E-state index is 0.135. The molecule has 2 fully saturated rings. The molecular weight excluding hydrogens is 316 g/mol. The average molecular weight is 336 g/mol. The molecule has 1 atom stereocenters. The number of hydrogen-bond acceptors (Lipinski definition) is 4. The zero-order valence-electron chi connectivity index (χ0n) is 14.1. The number of aromatic nitrogens is 1. The molecule has 0 bridgehead atoms. The van der Waals surface area contributed by atoms with Crippen LogP contribution in [0.1, 0.15) is 11.3 Å². The van der Waals surface area contributed by atoms with Crippen LogP contribution < -0.4 is 4.90 Å². The van der Waals surface area contributed by atoms with Crippen LogP contribution >= 0.6 is 0 Å². The number of anilines is 1. The summed E-state index contributed by atoms with van der Waals surface area (Å²) in [6, 6.07) is 12.5. The van der Waals surface area contributed by atoms with Crippen molar-refractivity contribution in [3.8, 4) is 0 Å². The summed E-state index contributed by atoms with van der Waals surface area (Å²) in [5.41, 5.74) is 2.80. The molecule has 6 heteroatoms. The highest BCUT2D eigenvalue weighted by atomic mass is 16.2. The van der Waals surface area contributed by atoms with E-state index in [0.717, 1.165) is 24.3 Å². The molecule has 128 valence electrons. The van der Waals surface area contributed by atoms with Crippen molar-refractivity contribution in [2.45, 2.75) is 19.5 Å². The van der Waals surface area contributed by atoms with E-state index in [-0.39, 0.29) is 11.9 Å². The number of rotatable bonds is 3. The SMILES string of the molecule is Cc1ncccc1CN1CCN2C(=O)N(c3ccccc3)C(=O)C2C1. The van der Waals surface area contributed by atoms with Crippen molar-refractivity contribution < 1.29 is 9.59 Å². The summed E-state index contributed by atoms with van der Waals surface area (Å²) in [7, 11) is 0. The molecule has 0 spiro atoms. The number of fused-ring (bicyclic) bond motifs is 1. The van der Waals surface area contributed by atoms with Crippen LogP contribution in [0.4, 0.5) is 10.5 Å². The molecule has 3 amide bonds. The first-order chi connectivity index (χ1) is 12.1. The molecule has 1 aromatic heterocycles. The van der Waals surface area contributed by atoms with Gasteiger partial charge in [0.2, 0.25) is 0 Å². The summed E-state index contributed by atoms with van der Waals surface area (Å²) in [5, 5.41) is 0. The predicted octanol–water partition coefficient (Wildman–Crippen LogP) is 2.04. The van der Waals surface area contributed by atoms with E-state index < -0.39 is 6.04 Å². The minimum Gasteiger partial charge on any atom is -0.309 e. The maximum Gasteiger partial charge on any atom is 0.332 e. The van der Waals surface area contributed by atoms with Crippen molar-refractivity contribution >= 4 is 17.6 Å². The molecule has 2 aliphatic rings. The topological polar surface area (TPSA) is 56.8 Å². The van der Waals surface area contributed by atoms with E-state index in [1.54, 1.807) is 23.2 Å². The van der Waals surface area contributed by atoms with Crippen molar-refractivity contribution in [2.75, 3.05) is 24.5 Å². The Morgan fingerprint density at radius 2 is 1.88 bits per heavy atom. The largest absolute Gasteiger partial charge is 0.332 e. The number of aryl methyl sites for hydroxylation is 1. The van der Waals surface area contributed by atoms with Gasteiger partial charge in [-0.1, -0.05) is 24.3 Å². The number of benzene rings is 1. The number of pyridine rings is 1. The highest BCUT2D eigenvalue weighted by Gasteiger charge is 2.48. The van der Waals surface area contributed by atoms with Crippen LogP contribution in [0.3, 0.4) is 0 Å². The van der Waals surface area contributed by atoms with Gasteiger partial charge >= 0.3 is 6.03 Å². The zero-order chi connectivity index (χ0) is 17.4. The van der Waals surface area contributed by atoms with Gasteiger partial charge in [0.25, 0.3) is 5.91 Å². The number of urea groups is 1. The molecule has 0 saturated carbocycles. The van der Waals surface area contributed by atoms with E-state index >= 15 is 0 Å². The van der Waals surface area contributed by atoms with E-state index in [4.69, 9.17) is 0 Å². The quantitative estimate of drug-likeness (QED) is 0.805. The first-order valence-electron chi connectivity index (χ1n) is 8.47. The maximum absolute atomic E-state index is 12.8. The van der Waals surface area contributed by atoms with Gasteiger partial charge in [-0.3, -0.25) is 14.7 Å². The number of hydrogen-bond donors (Lipinski definition) is 0. The Kier molecular flexibility index (Phi) is 3.97. The van der Waals surface area contributed by atoms with Gasteiger partial charge in [0.05, 0.1) is 5.69 Å². The molecule has 4 rings (SSSR count). The lowest BCUT2D eigenvalue weighted by atomic mass is 10.1. The Hall–Kier alpha value is -2.73. The third-order valence-corrected chi connectivity index (χ3v) is 4.93. The highest BCUT2D eigenvalue weighted by Crippen LogP contribution is 2.27. The van der Waals surface area contributed by atoms with E-state index in [1.165, 1.54) is 4.90 Å². The van der Waals surface area contributed by atoms with Crippen LogP contribution in [0.15, 0.2) is 48.7 Å². The lowest BCUT2D eigenvalue weighted by molar-refractivity contribution is -0.121. The standard InChI is InChI=1S/C19H20N4O2/c1-14-15(6-5-9-20-14)12-21-10-11-22-17(13-21)18(24)23(19(22)25)16-7-3-2-4-8-16/h2-9,17H,10-13H2,1H3. The Labute approximate surface area is 146 Å². The van der Waals surface area contributed by atoms with Crippen LogP contribution in [0.25, 0.3) is 0 Å². The molecule has 25 heavy (non-hydrogen) atoms. The molecule has 2 aliphatic heterocycles. The van der Waals surface area contributed by atoms with Gasteiger partial charge in [-0.25, -0.2) is 9.69 Å². The number of carbonyl (C=O) groups excluding carboxylic acids is 2. The number of para-hydroxylation sites is 1. The molecular formula is C19H20N4O2. The fourth-order valence-corrected chi connectivity index (χ4v) is 3.54. The van der Waals surface area contributed by atoms with Crippen LogP contribution in [0.5, 0.6) is 0 Å². The second-order valence-corrected chi connectivity index (χ2v) is 6.48. The number of nitrogens with zero attached hydrogens (tertiary/aromatic N) is 4. The molecule has 2 aromatic rings. The molecule has 1 aromatic carbocycles. The van der Waals surface area contributed by atoms with Crippen LogP contribution in [-0.2, 0) is 11.3 Å². The molecule has 1 unspecified atom stereocenters. The molecule has 2 saturated heterocycles. The first-order valence-corrected chi connectivity index (χ1v) is 8.47. The van der Waals surface area contributed by atoms with Gasteiger partial charge in [-0.05, 0) is 30.7 Å². The van der Waals surface area contributed by atoms with Gasteiger partial charge in [0.1, 0.15) is 6.04 Å². The maximum atomic E-state index is 12.8. The first kappa shape index (κ1) is 15.8. The Balaban J connectivity index is 1.52. The lowest BCUT2D eigenvalue weighted by Gasteiger charge is -2.35. The summed E-state index contributed by atoms with van der Waals surface area (Å²) in [5.74, 6) is -0.135. The van der Waals surface area contributed by atoms with Gasteiger partial charge in [-0.2, -0.15) is 0 Å². The summed E-state index contributed by atoms with van der Waals surface area (Å²) >= 11 is 0. The average Bonchev–Trinajstić information content (AvgIpc) is 2.88. The third-order valence-electron chi connectivity index (χ3n) is 4.93. The van der Waals surface area contributed by atoms with Gasteiger partial charge in [0.15, 0.2) is 0 Å². The Morgan fingerprint density at radius 1 is 1.08 bits per heavy atom. The summed E-state index contributed by atoms with van der Waals surface area (Å²) in [4.78, 5) is 35.1. The number of imide groups is 1. The molecule has 6 nitrogen and oxygen atoms in total. The molecule has 0 aliphatic carbocycles. The smallest absolute Gasteiger partial charge is 0.309 e. The number of carbonyl (C=O) groups is 2. The molecule has 0 radical (unpaired) electrons. The van der Waals surface area contributed by atoms with Gasteiger partial charge < -0.3 is 4.90 Å². The van der Waals surface area contributed by atoms with E-state index in [1.807, 2.05) is 31.2 Å². The van der Waals surface area contributed by atoms with Crippen molar-refractivity contribution in [1.29, 1.82) is 0 Å². The fraction of sp³-hybridized carbons (Fsp3) is 0.316. The van der Waals surface area contributed by atoms with Crippen molar-refractivity contribution in [3.63, 3.8) is 0 Å². The third kappa shape index (κ3) is 2.78. The van der Waals surface area contributed by atoms with E-state index in [2.05, 4.69) is 16.0 Å². The van der Waals surface area contributed by atoms with Gasteiger partial charge in [-0.15, -0.1) is 0 Å². The van der Waals surface area contributed by atoms with Crippen LogP contribution in [-0.4, -0.2) is 52.4 Å². The van der Waals surface area contributed by atoms with Crippen LogP contribution in [0, 0.1) is 6.92 Å². The summed E-state index contributed by atoms with van der Waals surface area (Å²) in [6.07, 6.45) is 1.79. The van der Waals surface area contributed by atoms with Crippen molar-refractivity contribution in [3.05, 3.63) is 59.9 Å². The summed E-state index contributed by atoms with van der Waals surface area (Å²) < 4.78 is 0.